The number of benzene rings is 3. The van der Waals surface area contributed by atoms with Gasteiger partial charge in [0.1, 0.15) is 12.4 Å². The summed E-state index contributed by atoms with van der Waals surface area (Å²) in [6.07, 6.45) is 1.39. The Morgan fingerprint density at radius 3 is 2.37 bits per heavy atom. The molecular formula is C27H31FN2O3S2. The van der Waals surface area contributed by atoms with Crippen LogP contribution < -0.4 is 9.62 Å². The lowest BCUT2D eigenvalue weighted by atomic mass is 10.1. The van der Waals surface area contributed by atoms with Crippen LogP contribution in [-0.4, -0.2) is 33.2 Å². The average molecular weight is 515 g/mol. The molecule has 0 aliphatic rings. The fraction of sp³-hybridized carbons (Fsp3) is 0.296. The Hall–Kier alpha value is -2.84. The van der Waals surface area contributed by atoms with Crippen molar-refractivity contribution in [2.24, 2.45) is 0 Å². The van der Waals surface area contributed by atoms with Gasteiger partial charge in [-0.15, -0.1) is 0 Å². The van der Waals surface area contributed by atoms with Crippen LogP contribution in [0.15, 0.2) is 77.7 Å². The molecule has 0 radical (unpaired) electrons. The summed E-state index contributed by atoms with van der Waals surface area (Å²) in [4.78, 5) is 12.9. The van der Waals surface area contributed by atoms with Gasteiger partial charge < -0.3 is 5.32 Å². The van der Waals surface area contributed by atoms with Crippen LogP contribution in [-0.2, 0) is 27.0 Å². The van der Waals surface area contributed by atoms with Gasteiger partial charge in [0.15, 0.2) is 0 Å². The lowest BCUT2D eigenvalue weighted by molar-refractivity contribution is -0.119. The molecule has 3 rings (SSSR count). The van der Waals surface area contributed by atoms with Crippen molar-refractivity contribution >= 4 is 33.4 Å². The Morgan fingerprint density at radius 1 is 1.00 bits per heavy atom. The van der Waals surface area contributed by atoms with E-state index >= 15 is 0 Å². The van der Waals surface area contributed by atoms with Crippen LogP contribution in [0.4, 0.5) is 10.1 Å². The van der Waals surface area contributed by atoms with Crippen molar-refractivity contribution in [3.63, 3.8) is 0 Å². The van der Waals surface area contributed by atoms with Gasteiger partial charge in [-0.1, -0.05) is 55.0 Å². The summed E-state index contributed by atoms with van der Waals surface area (Å²) in [6, 6.07) is 20.3. The van der Waals surface area contributed by atoms with Crippen molar-refractivity contribution in [3.8, 4) is 0 Å². The Morgan fingerprint density at radius 2 is 1.69 bits per heavy atom. The predicted molar refractivity (Wildman–Crippen MR) is 142 cm³/mol. The smallest absolute Gasteiger partial charge is 0.264 e. The summed E-state index contributed by atoms with van der Waals surface area (Å²) in [7, 11) is -3.93. The molecule has 0 saturated carbocycles. The molecule has 0 aromatic heterocycles. The molecule has 0 bridgehead atoms. The first-order valence-electron chi connectivity index (χ1n) is 11.6. The number of hydrogen-bond acceptors (Lipinski definition) is 4. The highest BCUT2D eigenvalue weighted by Gasteiger charge is 2.28. The van der Waals surface area contributed by atoms with Gasteiger partial charge in [-0.3, -0.25) is 9.10 Å². The number of anilines is 1. The van der Waals surface area contributed by atoms with E-state index in [-0.39, 0.29) is 23.2 Å². The molecule has 0 heterocycles. The molecule has 0 atom stereocenters. The lowest BCUT2D eigenvalue weighted by Gasteiger charge is -2.26. The first-order valence-corrected chi connectivity index (χ1v) is 14.2. The van der Waals surface area contributed by atoms with Crippen molar-refractivity contribution in [1.82, 2.24) is 5.32 Å². The molecule has 186 valence electrons. The Balaban J connectivity index is 1.62. The van der Waals surface area contributed by atoms with Crippen LogP contribution in [0.1, 0.15) is 30.0 Å². The van der Waals surface area contributed by atoms with Gasteiger partial charge in [0.2, 0.25) is 5.91 Å². The van der Waals surface area contributed by atoms with E-state index in [0.717, 1.165) is 34.6 Å². The maximum absolute atomic E-state index is 13.5. The number of rotatable bonds is 12. The number of hydrogen-bond donors (Lipinski definition) is 1. The number of sulfonamides is 1. The summed E-state index contributed by atoms with van der Waals surface area (Å²) in [6.45, 7) is 4.00. The van der Waals surface area contributed by atoms with E-state index in [1.165, 1.54) is 16.4 Å². The lowest BCUT2D eigenvalue weighted by Crippen LogP contribution is -2.41. The molecule has 1 amide bonds. The highest BCUT2D eigenvalue weighted by atomic mass is 32.2. The normalized spacial score (nSPS) is 11.3. The highest BCUT2D eigenvalue weighted by molar-refractivity contribution is 7.98. The quantitative estimate of drug-likeness (QED) is 0.332. The van der Waals surface area contributed by atoms with Crippen molar-refractivity contribution < 1.29 is 17.6 Å². The van der Waals surface area contributed by atoms with Crippen LogP contribution in [0.2, 0.25) is 0 Å². The minimum atomic E-state index is -3.93. The van der Waals surface area contributed by atoms with E-state index in [4.69, 9.17) is 0 Å². The maximum Gasteiger partial charge on any atom is 0.264 e. The van der Waals surface area contributed by atoms with Crippen molar-refractivity contribution in [3.05, 3.63) is 95.3 Å². The molecule has 8 heteroatoms. The van der Waals surface area contributed by atoms with Crippen LogP contribution in [0.25, 0.3) is 0 Å². The van der Waals surface area contributed by atoms with E-state index in [0.29, 0.717) is 18.7 Å². The largest absolute Gasteiger partial charge is 0.354 e. The van der Waals surface area contributed by atoms with Gasteiger partial charge in [-0.05, 0) is 67.0 Å². The summed E-state index contributed by atoms with van der Waals surface area (Å²) >= 11 is 1.70. The van der Waals surface area contributed by atoms with Gasteiger partial charge in [0, 0.05) is 12.3 Å². The fourth-order valence-electron chi connectivity index (χ4n) is 3.55. The minimum absolute atomic E-state index is 0.152. The van der Waals surface area contributed by atoms with Crippen LogP contribution >= 0.6 is 11.8 Å². The number of nitrogens with one attached hydrogen (secondary N) is 1. The molecule has 0 fully saturated rings. The topological polar surface area (TPSA) is 66.5 Å². The molecule has 0 spiro atoms. The Kier molecular flexibility index (Phi) is 9.74. The second-order valence-electron chi connectivity index (χ2n) is 8.19. The van der Waals surface area contributed by atoms with Gasteiger partial charge in [-0.25, -0.2) is 12.8 Å². The third-order valence-corrected chi connectivity index (χ3v) is 8.40. The molecule has 0 unspecified atom stereocenters. The van der Waals surface area contributed by atoms with Crippen molar-refractivity contribution in [2.45, 2.75) is 37.3 Å². The fourth-order valence-corrected chi connectivity index (χ4v) is 5.93. The second kappa shape index (κ2) is 12.7. The number of amides is 1. The number of carbonyl (C=O) groups is 1. The van der Waals surface area contributed by atoms with E-state index in [9.17, 15) is 17.6 Å². The molecular weight excluding hydrogens is 483 g/mol. The van der Waals surface area contributed by atoms with Gasteiger partial charge in [-0.2, -0.15) is 11.8 Å². The SMILES string of the molecule is CCc1ccccc1N(CC(=O)NCCCSCc1ccc(F)cc1)S(=O)(=O)c1ccc(C)cc1. The van der Waals surface area contributed by atoms with Crippen LogP contribution in [0, 0.1) is 12.7 Å². The predicted octanol–water partition coefficient (Wildman–Crippen LogP) is 5.33. The molecule has 5 nitrogen and oxygen atoms in total. The number of thioether (sulfide) groups is 1. The molecule has 3 aromatic carbocycles. The minimum Gasteiger partial charge on any atom is -0.354 e. The van der Waals surface area contributed by atoms with Crippen LogP contribution in [0.5, 0.6) is 0 Å². The zero-order chi connectivity index (χ0) is 25.3. The summed E-state index contributed by atoms with van der Waals surface area (Å²) in [5, 5.41) is 2.85. The number of para-hydroxylation sites is 1. The number of halogens is 1. The van der Waals surface area contributed by atoms with E-state index in [2.05, 4.69) is 5.32 Å². The van der Waals surface area contributed by atoms with Crippen molar-refractivity contribution in [1.29, 1.82) is 0 Å². The first kappa shape index (κ1) is 26.8. The third kappa shape index (κ3) is 7.57. The molecule has 35 heavy (non-hydrogen) atoms. The molecule has 0 aliphatic carbocycles. The third-order valence-electron chi connectivity index (χ3n) is 5.51. The molecule has 0 saturated heterocycles. The first-order chi connectivity index (χ1) is 16.8. The summed E-state index contributed by atoms with van der Waals surface area (Å²) in [5.74, 6) is 0.989. The molecule has 1 N–H and O–H groups in total. The number of carbonyl (C=O) groups excluding carboxylic acids is 1. The summed E-state index contributed by atoms with van der Waals surface area (Å²) < 4.78 is 41.3. The second-order valence-corrected chi connectivity index (χ2v) is 11.2. The number of aryl methyl sites for hydroxylation is 2. The zero-order valence-corrected chi connectivity index (χ0v) is 21.7. The maximum atomic E-state index is 13.5. The Labute approximate surface area is 211 Å². The summed E-state index contributed by atoms with van der Waals surface area (Å²) in [5.41, 5.74) is 3.38. The van der Waals surface area contributed by atoms with E-state index in [1.807, 2.05) is 26.0 Å². The standard InChI is InChI=1S/C27H31FN2O3S2/c1-3-23-7-4-5-8-26(23)30(35(32,33)25-15-9-21(2)10-16-25)19-27(31)29-17-6-18-34-20-22-11-13-24(28)14-12-22/h4-5,7-16H,3,6,17-20H2,1-2H3,(H,29,31). The van der Waals surface area contributed by atoms with Gasteiger partial charge in [0.25, 0.3) is 10.0 Å². The monoisotopic (exact) mass is 514 g/mol. The highest BCUT2D eigenvalue weighted by Crippen LogP contribution is 2.27. The molecule has 3 aromatic rings. The zero-order valence-electron chi connectivity index (χ0n) is 20.0. The van der Waals surface area contributed by atoms with E-state index < -0.39 is 10.0 Å². The molecule has 0 aliphatic heterocycles. The number of nitrogens with zero attached hydrogens (tertiary/aromatic N) is 1. The van der Waals surface area contributed by atoms with Gasteiger partial charge in [0.05, 0.1) is 10.6 Å². The average Bonchev–Trinajstić information content (AvgIpc) is 2.86. The van der Waals surface area contributed by atoms with Gasteiger partial charge >= 0.3 is 0 Å². The van der Waals surface area contributed by atoms with E-state index in [1.54, 1.807) is 60.3 Å². The van der Waals surface area contributed by atoms with Crippen LogP contribution in [0.3, 0.4) is 0 Å². The van der Waals surface area contributed by atoms with Crippen molar-refractivity contribution in [2.75, 3.05) is 23.1 Å². The Bertz CT molecular complexity index is 1210.